The Morgan fingerprint density at radius 3 is 2.65 bits per heavy atom. The van der Waals surface area contributed by atoms with E-state index in [-0.39, 0.29) is 12.6 Å². The molecule has 2 nitrogen and oxygen atoms in total. The molecule has 1 unspecified atom stereocenters. The lowest BCUT2D eigenvalue weighted by atomic mass is 10.0. The van der Waals surface area contributed by atoms with Gasteiger partial charge in [0.05, 0.1) is 11.9 Å². The summed E-state index contributed by atoms with van der Waals surface area (Å²) in [6.07, 6.45) is 0.873. The zero-order valence-corrected chi connectivity index (χ0v) is 12.1. The molecule has 0 aliphatic rings. The number of rotatable bonds is 8. The molecule has 0 spiro atoms. The van der Waals surface area contributed by atoms with E-state index in [0.29, 0.717) is 5.82 Å². The van der Waals surface area contributed by atoms with Crippen LogP contribution in [0.4, 0.5) is 4.39 Å². The topological polar surface area (TPSA) is 24.1 Å². The van der Waals surface area contributed by atoms with Crippen LogP contribution in [0.3, 0.4) is 0 Å². The summed E-state index contributed by atoms with van der Waals surface area (Å²) in [7, 11) is 0. The molecular weight excluding hydrogens is 271 g/mol. The van der Waals surface area contributed by atoms with Crippen LogP contribution in [0.2, 0.25) is 0 Å². The number of hydrogen-bond acceptors (Lipinski definition) is 3. The van der Waals surface area contributed by atoms with Gasteiger partial charge in [-0.2, -0.15) is 0 Å². The maximum absolute atomic E-state index is 12.2. The molecule has 0 aliphatic heterocycles. The number of alkyl halides is 1. The molecule has 0 amide bonds. The molecular formula is C16H19FN2S. The third-order valence-corrected chi connectivity index (χ3v) is 3.94. The van der Waals surface area contributed by atoms with Gasteiger partial charge >= 0.3 is 0 Å². The molecule has 0 bridgehead atoms. The molecule has 0 saturated heterocycles. The van der Waals surface area contributed by atoms with Crippen LogP contribution in [0.25, 0.3) is 0 Å². The Hall–Kier alpha value is -1.81. The van der Waals surface area contributed by atoms with Gasteiger partial charge in [0.1, 0.15) is 6.67 Å². The average Bonchev–Trinajstić information content (AvgIpc) is 3.00. The molecule has 1 atom stereocenters. The summed E-state index contributed by atoms with van der Waals surface area (Å²) in [5, 5.41) is 8.34. The predicted molar refractivity (Wildman–Crippen MR) is 83.5 cm³/mol. The van der Waals surface area contributed by atoms with Crippen LogP contribution >= 0.6 is 11.3 Å². The predicted octanol–water partition coefficient (Wildman–Crippen LogP) is 3.65. The smallest absolute Gasteiger partial charge is 0.107 e. The maximum atomic E-state index is 12.2. The molecule has 0 saturated carbocycles. The monoisotopic (exact) mass is 290 g/mol. The van der Waals surface area contributed by atoms with Crippen molar-refractivity contribution in [2.75, 3.05) is 13.2 Å². The largest absolute Gasteiger partial charge is 0.370 e. The zero-order chi connectivity index (χ0) is 14.2. The Morgan fingerprint density at radius 1 is 1.20 bits per heavy atom. The molecule has 20 heavy (non-hydrogen) atoms. The van der Waals surface area contributed by atoms with Crippen LogP contribution in [-0.4, -0.2) is 13.2 Å². The molecule has 2 aromatic rings. The second-order valence-electron chi connectivity index (χ2n) is 4.50. The molecule has 1 aromatic heterocycles. The highest BCUT2D eigenvalue weighted by molar-refractivity contribution is 7.10. The quantitative estimate of drug-likeness (QED) is 0.775. The van der Waals surface area contributed by atoms with Crippen molar-refractivity contribution in [1.29, 1.82) is 0 Å². The van der Waals surface area contributed by atoms with Crippen molar-refractivity contribution in [2.24, 2.45) is 0 Å². The van der Waals surface area contributed by atoms with Gasteiger partial charge in [-0.05, 0) is 23.4 Å². The molecule has 2 rings (SSSR count). The Kier molecular flexibility index (Phi) is 5.62. The van der Waals surface area contributed by atoms with Gasteiger partial charge in [-0.3, -0.25) is 0 Å². The van der Waals surface area contributed by atoms with Crippen molar-refractivity contribution < 1.29 is 4.39 Å². The number of hydrogen-bond donors (Lipinski definition) is 2. The molecule has 1 heterocycles. The summed E-state index contributed by atoms with van der Waals surface area (Å²) in [5.74, 6) is 0.664. The van der Waals surface area contributed by atoms with E-state index >= 15 is 0 Å². The van der Waals surface area contributed by atoms with Crippen molar-refractivity contribution in [1.82, 2.24) is 10.6 Å². The highest BCUT2D eigenvalue weighted by atomic mass is 32.1. The lowest BCUT2D eigenvalue weighted by molar-refractivity contribution is 0.468. The first-order chi connectivity index (χ1) is 9.79. The minimum absolute atomic E-state index is 0.150. The van der Waals surface area contributed by atoms with Crippen molar-refractivity contribution in [3.05, 3.63) is 70.7 Å². The fraction of sp³-hybridized carbons (Fsp3) is 0.250. The SMILES string of the molecule is C=C(NCCF)NC(Cc1ccccc1)c1cccs1. The van der Waals surface area contributed by atoms with Crippen LogP contribution in [0.1, 0.15) is 16.5 Å². The molecule has 0 radical (unpaired) electrons. The van der Waals surface area contributed by atoms with Gasteiger partial charge in [0.25, 0.3) is 0 Å². The summed E-state index contributed by atoms with van der Waals surface area (Å²) >= 11 is 1.71. The first kappa shape index (κ1) is 14.6. The van der Waals surface area contributed by atoms with E-state index < -0.39 is 6.67 Å². The summed E-state index contributed by atoms with van der Waals surface area (Å²) < 4.78 is 12.2. The van der Waals surface area contributed by atoms with E-state index in [1.807, 2.05) is 24.3 Å². The van der Waals surface area contributed by atoms with E-state index in [4.69, 9.17) is 0 Å². The van der Waals surface area contributed by atoms with E-state index in [1.165, 1.54) is 10.4 Å². The maximum Gasteiger partial charge on any atom is 0.107 e. The Balaban J connectivity index is 2.04. The third-order valence-electron chi connectivity index (χ3n) is 2.95. The zero-order valence-electron chi connectivity index (χ0n) is 11.3. The molecule has 0 aliphatic carbocycles. The second-order valence-corrected chi connectivity index (χ2v) is 5.48. The summed E-state index contributed by atoms with van der Waals surface area (Å²) in [4.78, 5) is 1.25. The number of nitrogens with one attached hydrogen (secondary N) is 2. The molecule has 4 heteroatoms. The Labute approximate surface area is 123 Å². The number of benzene rings is 1. The molecule has 106 valence electrons. The average molecular weight is 290 g/mol. The minimum atomic E-state index is -0.400. The summed E-state index contributed by atoms with van der Waals surface area (Å²) in [6, 6.07) is 14.6. The summed E-state index contributed by atoms with van der Waals surface area (Å²) in [6.45, 7) is 3.79. The van der Waals surface area contributed by atoms with Crippen LogP contribution in [0.5, 0.6) is 0 Å². The van der Waals surface area contributed by atoms with Crippen molar-refractivity contribution >= 4 is 11.3 Å². The van der Waals surface area contributed by atoms with Gasteiger partial charge < -0.3 is 10.6 Å². The van der Waals surface area contributed by atoms with E-state index in [1.54, 1.807) is 11.3 Å². The van der Waals surface area contributed by atoms with Gasteiger partial charge in [-0.15, -0.1) is 11.3 Å². The second kappa shape index (κ2) is 7.70. The Bertz CT molecular complexity index is 511. The third kappa shape index (κ3) is 4.38. The van der Waals surface area contributed by atoms with Crippen LogP contribution < -0.4 is 10.6 Å². The fourth-order valence-electron chi connectivity index (χ4n) is 2.02. The fourth-order valence-corrected chi connectivity index (χ4v) is 2.80. The number of thiophene rings is 1. The van der Waals surface area contributed by atoms with Gasteiger partial charge in [-0.1, -0.05) is 43.0 Å². The van der Waals surface area contributed by atoms with Gasteiger partial charge in [0.2, 0.25) is 0 Å². The normalized spacial score (nSPS) is 11.8. The van der Waals surface area contributed by atoms with Gasteiger partial charge in [-0.25, -0.2) is 4.39 Å². The first-order valence-electron chi connectivity index (χ1n) is 6.62. The summed E-state index contributed by atoms with van der Waals surface area (Å²) in [5.41, 5.74) is 1.26. The minimum Gasteiger partial charge on any atom is -0.370 e. The standard InChI is InChI=1S/C16H19FN2S/c1-13(18-10-9-17)19-15(16-8-5-11-20-16)12-14-6-3-2-4-7-14/h2-8,11,15,18-19H,1,9-10,12H2. The highest BCUT2D eigenvalue weighted by Crippen LogP contribution is 2.23. The number of halogens is 1. The van der Waals surface area contributed by atoms with Crippen LogP contribution in [0, 0.1) is 0 Å². The van der Waals surface area contributed by atoms with Crippen molar-refractivity contribution in [3.8, 4) is 0 Å². The van der Waals surface area contributed by atoms with E-state index in [9.17, 15) is 4.39 Å². The molecule has 1 aromatic carbocycles. The van der Waals surface area contributed by atoms with Gasteiger partial charge in [0.15, 0.2) is 0 Å². The van der Waals surface area contributed by atoms with E-state index in [0.717, 1.165) is 6.42 Å². The Morgan fingerprint density at radius 2 is 2.00 bits per heavy atom. The lowest BCUT2D eigenvalue weighted by Crippen LogP contribution is -2.31. The van der Waals surface area contributed by atoms with E-state index in [2.05, 4.69) is 40.8 Å². The highest BCUT2D eigenvalue weighted by Gasteiger charge is 2.13. The van der Waals surface area contributed by atoms with Crippen molar-refractivity contribution in [2.45, 2.75) is 12.5 Å². The van der Waals surface area contributed by atoms with Crippen LogP contribution in [-0.2, 0) is 6.42 Å². The van der Waals surface area contributed by atoms with Gasteiger partial charge in [0, 0.05) is 11.4 Å². The molecule has 0 fully saturated rings. The lowest BCUT2D eigenvalue weighted by Gasteiger charge is -2.21. The van der Waals surface area contributed by atoms with Crippen LogP contribution in [0.15, 0.2) is 60.2 Å². The first-order valence-corrected chi connectivity index (χ1v) is 7.50. The molecule has 2 N–H and O–H groups in total. The van der Waals surface area contributed by atoms with Crippen molar-refractivity contribution in [3.63, 3.8) is 0 Å².